The van der Waals surface area contributed by atoms with Crippen LogP contribution in [0.1, 0.15) is 21.0 Å². The van der Waals surface area contributed by atoms with Crippen molar-refractivity contribution in [2.24, 2.45) is 0 Å². The number of carbonyl (C=O) groups is 1. The third-order valence-electron chi connectivity index (χ3n) is 2.40. The standard InChI is InChI=1S/C11H11NO5S2/c1-7-6-18-9(11(13)14)10(7)19(15,16)12-5-8-3-2-4-17-8/h2-4,6,12H,5H2,1H3,(H,13,14). The van der Waals surface area contributed by atoms with E-state index in [-0.39, 0.29) is 16.3 Å². The third-order valence-corrected chi connectivity index (χ3v) is 5.20. The molecule has 0 saturated carbocycles. The van der Waals surface area contributed by atoms with E-state index in [1.54, 1.807) is 19.1 Å². The second kappa shape index (κ2) is 5.16. The van der Waals surface area contributed by atoms with Gasteiger partial charge in [0.2, 0.25) is 10.0 Å². The van der Waals surface area contributed by atoms with Crippen LogP contribution < -0.4 is 4.72 Å². The zero-order chi connectivity index (χ0) is 14.0. The van der Waals surface area contributed by atoms with Crippen LogP contribution in [0.15, 0.2) is 33.1 Å². The lowest BCUT2D eigenvalue weighted by Gasteiger charge is -2.06. The number of aromatic carboxylic acids is 1. The lowest BCUT2D eigenvalue weighted by atomic mass is 10.3. The van der Waals surface area contributed by atoms with Crippen molar-refractivity contribution in [3.05, 3.63) is 40.0 Å². The Kier molecular flexibility index (Phi) is 3.74. The molecule has 0 amide bonds. The van der Waals surface area contributed by atoms with Gasteiger partial charge in [-0.2, -0.15) is 0 Å². The molecule has 2 N–H and O–H groups in total. The second-order valence-corrected chi connectivity index (χ2v) is 6.37. The first-order valence-corrected chi connectivity index (χ1v) is 7.61. The topological polar surface area (TPSA) is 96.6 Å². The van der Waals surface area contributed by atoms with Crippen LogP contribution in [-0.4, -0.2) is 19.5 Å². The lowest BCUT2D eigenvalue weighted by Crippen LogP contribution is -2.24. The Balaban J connectivity index is 2.29. The highest BCUT2D eigenvalue weighted by Gasteiger charge is 2.26. The predicted molar refractivity (Wildman–Crippen MR) is 68.7 cm³/mol. The number of thiophene rings is 1. The van der Waals surface area contributed by atoms with Crippen LogP contribution in [0.4, 0.5) is 0 Å². The first-order valence-electron chi connectivity index (χ1n) is 5.25. The van der Waals surface area contributed by atoms with E-state index < -0.39 is 16.0 Å². The van der Waals surface area contributed by atoms with Crippen molar-refractivity contribution in [3.8, 4) is 0 Å². The fourth-order valence-electron chi connectivity index (χ4n) is 1.57. The zero-order valence-corrected chi connectivity index (χ0v) is 11.5. The minimum Gasteiger partial charge on any atom is -0.477 e. The molecule has 0 unspecified atom stereocenters. The summed E-state index contributed by atoms with van der Waals surface area (Å²) in [6.07, 6.45) is 1.43. The smallest absolute Gasteiger partial charge is 0.347 e. The monoisotopic (exact) mass is 301 g/mol. The molecular weight excluding hydrogens is 290 g/mol. The molecule has 2 aromatic rings. The van der Waals surface area contributed by atoms with Gasteiger partial charge in [0.1, 0.15) is 15.5 Å². The fraction of sp³-hybridized carbons (Fsp3) is 0.182. The van der Waals surface area contributed by atoms with Gasteiger partial charge in [-0.25, -0.2) is 17.9 Å². The van der Waals surface area contributed by atoms with E-state index in [0.29, 0.717) is 11.3 Å². The van der Waals surface area contributed by atoms with Crippen LogP contribution in [-0.2, 0) is 16.6 Å². The lowest BCUT2D eigenvalue weighted by molar-refractivity contribution is 0.0698. The molecule has 0 aliphatic rings. The van der Waals surface area contributed by atoms with Crippen molar-refractivity contribution in [1.29, 1.82) is 0 Å². The van der Waals surface area contributed by atoms with Crippen LogP contribution in [0, 0.1) is 6.92 Å². The molecule has 102 valence electrons. The van der Waals surface area contributed by atoms with Crippen LogP contribution >= 0.6 is 11.3 Å². The van der Waals surface area contributed by atoms with Gasteiger partial charge >= 0.3 is 5.97 Å². The molecule has 0 aromatic carbocycles. The SMILES string of the molecule is Cc1csc(C(=O)O)c1S(=O)(=O)NCc1ccco1. The number of furan rings is 1. The Morgan fingerprint density at radius 3 is 2.84 bits per heavy atom. The molecule has 0 spiro atoms. The van der Waals surface area contributed by atoms with E-state index in [4.69, 9.17) is 9.52 Å². The summed E-state index contributed by atoms with van der Waals surface area (Å²) in [6, 6.07) is 3.27. The third kappa shape index (κ3) is 2.86. The maximum absolute atomic E-state index is 12.1. The molecule has 8 heteroatoms. The maximum atomic E-state index is 12.1. The highest BCUT2D eigenvalue weighted by atomic mass is 32.2. The molecule has 0 atom stereocenters. The summed E-state index contributed by atoms with van der Waals surface area (Å²) in [4.78, 5) is 10.6. The Morgan fingerprint density at radius 2 is 2.26 bits per heavy atom. The molecule has 0 aliphatic heterocycles. The quantitative estimate of drug-likeness (QED) is 0.878. The van der Waals surface area contributed by atoms with Crippen molar-refractivity contribution in [1.82, 2.24) is 4.72 Å². The molecule has 2 aromatic heterocycles. The van der Waals surface area contributed by atoms with Gasteiger partial charge < -0.3 is 9.52 Å². The van der Waals surface area contributed by atoms with Crippen molar-refractivity contribution < 1.29 is 22.7 Å². The maximum Gasteiger partial charge on any atom is 0.347 e. The molecular formula is C11H11NO5S2. The molecule has 0 saturated heterocycles. The van der Waals surface area contributed by atoms with Gasteiger partial charge in [0, 0.05) is 0 Å². The van der Waals surface area contributed by atoms with E-state index in [9.17, 15) is 13.2 Å². The summed E-state index contributed by atoms with van der Waals surface area (Å²) in [6.45, 7) is 1.54. The second-order valence-electron chi connectivity index (χ2n) is 3.79. The van der Waals surface area contributed by atoms with Crippen LogP contribution in [0.5, 0.6) is 0 Å². The van der Waals surface area contributed by atoms with Crippen LogP contribution in [0.2, 0.25) is 0 Å². The van der Waals surface area contributed by atoms with E-state index in [1.807, 2.05) is 0 Å². The highest BCUT2D eigenvalue weighted by molar-refractivity contribution is 7.89. The zero-order valence-electron chi connectivity index (χ0n) is 9.91. The highest BCUT2D eigenvalue weighted by Crippen LogP contribution is 2.26. The summed E-state index contributed by atoms with van der Waals surface area (Å²) in [5.74, 6) is -0.801. The number of hydrogen-bond acceptors (Lipinski definition) is 5. The predicted octanol–water partition coefficient (Wildman–Crippen LogP) is 1.83. The Hall–Kier alpha value is -1.64. The average Bonchev–Trinajstić information content (AvgIpc) is 2.95. The van der Waals surface area contributed by atoms with E-state index in [0.717, 1.165) is 11.3 Å². The molecule has 2 rings (SSSR count). The fourth-order valence-corrected chi connectivity index (χ4v) is 4.19. The first kappa shape index (κ1) is 13.8. The minimum atomic E-state index is -3.88. The molecule has 6 nitrogen and oxygen atoms in total. The molecule has 2 heterocycles. The Morgan fingerprint density at radius 1 is 1.53 bits per heavy atom. The number of nitrogens with one attached hydrogen (secondary N) is 1. The largest absolute Gasteiger partial charge is 0.477 e. The van der Waals surface area contributed by atoms with Crippen molar-refractivity contribution in [2.75, 3.05) is 0 Å². The number of hydrogen-bond donors (Lipinski definition) is 2. The summed E-state index contributed by atoms with van der Waals surface area (Å²) < 4.78 is 31.6. The van der Waals surface area contributed by atoms with Crippen LogP contribution in [0.25, 0.3) is 0 Å². The van der Waals surface area contributed by atoms with Crippen molar-refractivity contribution >= 4 is 27.3 Å². The minimum absolute atomic E-state index is 0.0241. The molecule has 19 heavy (non-hydrogen) atoms. The molecule has 0 fully saturated rings. The van der Waals surface area contributed by atoms with Crippen molar-refractivity contribution in [3.63, 3.8) is 0 Å². The number of sulfonamides is 1. The number of rotatable bonds is 5. The van der Waals surface area contributed by atoms with Gasteiger partial charge in [-0.15, -0.1) is 11.3 Å². The van der Waals surface area contributed by atoms with Gasteiger partial charge in [-0.05, 0) is 30.0 Å². The first-order chi connectivity index (χ1) is 8.92. The summed E-state index contributed by atoms with van der Waals surface area (Å²) in [7, 11) is -3.88. The van der Waals surface area contributed by atoms with E-state index in [1.165, 1.54) is 11.6 Å². The van der Waals surface area contributed by atoms with Gasteiger partial charge in [0.25, 0.3) is 0 Å². The van der Waals surface area contributed by atoms with Gasteiger partial charge in [-0.3, -0.25) is 0 Å². The number of carboxylic acids is 1. The van der Waals surface area contributed by atoms with Gasteiger partial charge in [0.05, 0.1) is 12.8 Å². The van der Waals surface area contributed by atoms with E-state index in [2.05, 4.69) is 4.72 Å². The normalized spacial score (nSPS) is 11.6. The van der Waals surface area contributed by atoms with Gasteiger partial charge in [0.15, 0.2) is 0 Å². The number of carboxylic acid groups (broad SMARTS) is 1. The molecule has 0 radical (unpaired) electrons. The number of aryl methyl sites for hydroxylation is 1. The Labute approximate surface area is 113 Å². The van der Waals surface area contributed by atoms with E-state index >= 15 is 0 Å². The average molecular weight is 301 g/mol. The van der Waals surface area contributed by atoms with Crippen LogP contribution in [0.3, 0.4) is 0 Å². The summed E-state index contributed by atoms with van der Waals surface area (Å²) in [5, 5.41) is 10.5. The summed E-state index contributed by atoms with van der Waals surface area (Å²) in [5.41, 5.74) is 0.411. The Bertz CT molecular complexity index is 685. The molecule has 0 bridgehead atoms. The van der Waals surface area contributed by atoms with Crippen molar-refractivity contribution in [2.45, 2.75) is 18.4 Å². The molecule has 0 aliphatic carbocycles. The van der Waals surface area contributed by atoms with Gasteiger partial charge in [-0.1, -0.05) is 0 Å². The summed E-state index contributed by atoms with van der Waals surface area (Å²) >= 11 is 0.892.